The molecule has 0 heterocycles. The third-order valence-electron chi connectivity index (χ3n) is 2.06. The number of rotatable bonds is 4. The van der Waals surface area contributed by atoms with E-state index in [2.05, 4.69) is 6.58 Å². The lowest BCUT2D eigenvalue weighted by Crippen LogP contribution is -2.33. The first kappa shape index (κ1) is 10.7. The lowest BCUT2D eigenvalue weighted by molar-refractivity contribution is -0.116. The highest BCUT2D eigenvalue weighted by Gasteiger charge is 2.13. The molecule has 1 aromatic rings. The summed E-state index contributed by atoms with van der Waals surface area (Å²) >= 11 is 0. The van der Waals surface area contributed by atoms with Crippen molar-refractivity contribution >= 4 is 5.78 Å². The number of benzene rings is 1. The van der Waals surface area contributed by atoms with Gasteiger partial charge in [0.1, 0.15) is 0 Å². The molecule has 1 aromatic carbocycles. The summed E-state index contributed by atoms with van der Waals surface area (Å²) < 4.78 is 0. The van der Waals surface area contributed by atoms with Crippen molar-refractivity contribution in [3.05, 3.63) is 48.0 Å². The lowest BCUT2D eigenvalue weighted by atomic mass is 10.0. The molecule has 0 fully saturated rings. The molecule has 2 N–H and O–H groups in total. The molecule has 1 atom stereocenters. The molecule has 0 saturated carbocycles. The maximum Gasteiger partial charge on any atom is 0.174 e. The number of ketones is 1. The summed E-state index contributed by atoms with van der Waals surface area (Å²) in [7, 11) is 0. The van der Waals surface area contributed by atoms with Crippen molar-refractivity contribution < 1.29 is 4.79 Å². The second-order valence-electron chi connectivity index (χ2n) is 3.44. The first-order chi connectivity index (χ1) is 6.61. The molecule has 0 aliphatic carbocycles. The molecule has 14 heavy (non-hydrogen) atoms. The van der Waals surface area contributed by atoms with Crippen molar-refractivity contribution in [3.8, 4) is 0 Å². The minimum atomic E-state index is -0.463. The second kappa shape index (κ2) is 4.72. The van der Waals surface area contributed by atoms with Crippen LogP contribution in [0.15, 0.2) is 42.5 Å². The molecule has 0 saturated heterocycles. The molecule has 2 heteroatoms. The summed E-state index contributed by atoms with van der Waals surface area (Å²) in [6, 6.07) is 9.28. The molecule has 0 aromatic heterocycles. The number of carbonyl (C=O) groups excluding carboxylic acids is 1. The van der Waals surface area contributed by atoms with E-state index < -0.39 is 6.04 Å². The smallest absolute Gasteiger partial charge is 0.174 e. The van der Waals surface area contributed by atoms with Gasteiger partial charge in [-0.2, -0.15) is 0 Å². The first-order valence-corrected chi connectivity index (χ1v) is 4.60. The molecule has 0 bridgehead atoms. The van der Waals surface area contributed by atoms with Gasteiger partial charge in [-0.3, -0.25) is 4.79 Å². The van der Waals surface area contributed by atoms with E-state index in [1.807, 2.05) is 30.3 Å². The van der Waals surface area contributed by atoms with E-state index in [1.54, 1.807) is 6.92 Å². The monoisotopic (exact) mass is 189 g/mol. The number of Topliss-reactive ketones (excluding diaryl/α,β-unsaturated/α-hetero) is 1. The van der Waals surface area contributed by atoms with Gasteiger partial charge in [-0.1, -0.05) is 36.9 Å². The van der Waals surface area contributed by atoms with E-state index in [0.717, 1.165) is 5.56 Å². The molecule has 1 unspecified atom stereocenters. The minimum absolute atomic E-state index is 0.0612. The fourth-order valence-electron chi connectivity index (χ4n) is 1.28. The van der Waals surface area contributed by atoms with Crippen molar-refractivity contribution in [1.82, 2.24) is 0 Å². The summed E-state index contributed by atoms with van der Waals surface area (Å²) in [6.07, 6.45) is 0.576. The van der Waals surface area contributed by atoms with Gasteiger partial charge in [-0.15, -0.1) is 0 Å². The summed E-state index contributed by atoms with van der Waals surface area (Å²) in [4.78, 5) is 11.4. The third kappa shape index (κ3) is 2.82. The topological polar surface area (TPSA) is 43.1 Å². The molecule has 0 radical (unpaired) electrons. The van der Waals surface area contributed by atoms with Crippen molar-refractivity contribution in [2.24, 2.45) is 5.73 Å². The maximum atomic E-state index is 11.4. The Labute approximate surface area is 84.4 Å². The number of hydrogen-bond donors (Lipinski definition) is 1. The van der Waals surface area contributed by atoms with Crippen LogP contribution in [0.25, 0.3) is 0 Å². The van der Waals surface area contributed by atoms with E-state index in [9.17, 15) is 4.79 Å². The molecule has 0 amide bonds. The van der Waals surface area contributed by atoms with Crippen LogP contribution in [0.4, 0.5) is 0 Å². The van der Waals surface area contributed by atoms with Gasteiger partial charge < -0.3 is 5.73 Å². The van der Waals surface area contributed by atoms with Crippen LogP contribution in [0.1, 0.15) is 12.5 Å². The third-order valence-corrected chi connectivity index (χ3v) is 2.06. The fraction of sp³-hybridized carbons (Fsp3) is 0.250. The van der Waals surface area contributed by atoms with Crippen LogP contribution >= 0.6 is 0 Å². The Kier molecular flexibility index (Phi) is 3.60. The number of carbonyl (C=O) groups is 1. The van der Waals surface area contributed by atoms with Crippen LogP contribution in [0.2, 0.25) is 0 Å². The fourth-order valence-corrected chi connectivity index (χ4v) is 1.28. The molecular weight excluding hydrogens is 174 g/mol. The van der Waals surface area contributed by atoms with E-state index in [4.69, 9.17) is 5.73 Å². The van der Waals surface area contributed by atoms with Crippen LogP contribution in [0, 0.1) is 0 Å². The van der Waals surface area contributed by atoms with Crippen LogP contribution in [-0.4, -0.2) is 11.8 Å². The predicted molar refractivity (Wildman–Crippen MR) is 57.9 cm³/mol. The molecule has 2 nitrogen and oxygen atoms in total. The maximum absolute atomic E-state index is 11.4. The van der Waals surface area contributed by atoms with Crippen LogP contribution in [0.3, 0.4) is 0 Å². The second-order valence-corrected chi connectivity index (χ2v) is 3.44. The Morgan fingerprint density at radius 1 is 1.43 bits per heavy atom. The average molecular weight is 189 g/mol. The Hall–Kier alpha value is -1.41. The van der Waals surface area contributed by atoms with Crippen LogP contribution in [-0.2, 0) is 11.2 Å². The highest BCUT2D eigenvalue weighted by atomic mass is 16.1. The Morgan fingerprint density at radius 3 is 2.50 bits per heavy atom. The highest BCUT2D eigenvalue weighted by molar-refractivity contribution is 5.98. The number of nitrogens with two attached hydrogens (primary N) is 1. The van der Waals surface area contributed by atoms with Gasteiger partial charge in [-0.25, -0.2) is 0 Å². The van der Waals surface area contributed by atoms with Crippen LogP contribution < -0.4 is 5.73 Å². The van der Waals surface area contributed by atoms with Gasteiger partial charge in [-0.05, 0) is 24.5 Å². The van der Waals surface area contributed by atoms with Crippen molar-refractivity contribution in [3.63, 3.8) is 0 Å². The van der Waals surface area contributed by atoms with E-state index >= 15 is 0 Å². The SMILES string of the molecule is C=C(C)C(=O)C(N)Cc1ccccc1. The Bertz CT molecular complexity index is 329. The van der Waals surface area contributed by atoms with Gasteiger partial charge in [0.05, 0.1) is 6.04 Å². The van der Waals surface area contributed by atoms with Gasteiger partial charge in [0.15, 0.2) is 5.78 Å². The van der Waals surface area contributed by atoms with Crippen molar-refractivity contribution in [2.75, 3.05) is 0 Å². The standard InChI is InChI=1S/C12H15NO/c1-9(2)12(14)11(13)8-10-6-4-3-5-7-10/h3-7,11H,1,8,13H2,2H3. The normalized spacial score (nSPS) is 12.1. The van der Waals surface area contributed by atoms with Crippen LogP contribution in [0.5, 0.6) is 0 Å². The summed E-state index contributed by atoms with van der Waals surface area (Å²) in [6.45, 7) is 5.28. The summed E-state index contributed by atoms with van der Waals surface area (Å²) in [5.41, 5.74) is 7.34. The molecule has 0 aliphatic heterocycles. The minimum Gasteiger partial charge on any atom is -0.321 e. The predicted octanol–water partition coefficient (Wildman–Crippen LogP) is 1.70. The highest BCUT2D eigenvalue weighted by Crippen LogP contribution is 2.04. The zero-order valence-corrected chi connectivity index (χ0v) is 8.36. The Morgan fingerprint density at radius 2 is 2.00 bits per heavy atom. The van der Waals surface area contributed by atoms with Gasteiger partial charge in [0.25, 0.3) is 0 Å². The Balaban J connectivity index is 2.62. The summed E-state index contributed by atoms with van der Waals surface area (Å²) in [5.74, 6) is -0.0612. The molecule has 74 valence electrons. The largest absolute Gasteiger partial charge is 0.321 e. The van der Waals surface area contributed by atoms with E-state index in [1.165, 1.54) is 0 Å². The van der Waals surface area contributed by atoms with Gasteiger partial charge in [0, 0.05) is 0 Å². The number of hydrogen-bond acceptors (Lipinski definition) is 2. The zero-order chi connectivity index (χ0) is 10.6. The quantitative estimate of drug-likeness (QED) is 0.732. The lowest BCUT2D eigenvalue weighted by Gasteiger charge is -2.09. The molecule has 1 rings (SSSR count). The van der Waals surface area contributed by atoms with Gasteiger partial charge >= 0.3 is 0 Å². The summed E-state index contributed by atoms with van der Waals surface area (Å²) in [5, 5.41) is 0. The first-order valence-electron chi connectivity index (χ1n) is 4.60. The average Bonchev–Trinajstić information content (AvgIpc) is 2.18. The van der Waals surface area contributed by atoms with Crippen molar-refractivity contribution in [2.45, 2.75) is 19.4 Å². The molecule has 0 spiro atoms. The van der Waals surface area contributed by atoms with E-state index in [-0.39, 0.29) is 5.78 Å². The molecule has 0 aliphatic rings. The zero-order valence-electron chi connectivity index (χ0n) is 8.36. The van der Waals surface area contributed by atoms with E-state index in [0.29, 0.717) is 12.0 Å². The van der Waals surface area contributed by atoms with Crippen molar-refractivity contribution in [1.29, 1.82) is 0 Å². The van der Waals surface area contributed by atoms with Gasteiger partial charge in [0.2, 0.25) is 0 Å². The molecular formula is C12H15NO.